The maximum atomic E-state index is 5.49. The fourth-order valence-corrected chi connectivity index (χ4v) is 2.05. The normalized spacial score (nSPS) is 23.1. The molecule has 1 aliphatic heterocycles. The minimum Gasteiger partial charge on any atom is -0.378 e. The highest BCUT2D eigenvalue weighted by atomic mass is 16.5. The van der Waals surface area contributed by atoms with E-state index in [2.05, 4.69) is 27.9 Å². The van der Waals surface area contributed by atoms with Crippen LogP contribution in [0.2, 0.25) is 0 Å². The number of aromatic nitrogens is 1. The van der Waals surface area contributed by atoms with Gasteiger partial charge >= 0.3 is 0 Å². The number of anilines is 1. The van der Waals surface area contributed by atoms with Gasteiger partial charge in [-0.1, -0.05) is 0 Å². The van der Waals surface area contributed by atoms with Gasteiger partial charge in [-0.15, -0.1) is 0 Å². The highest BCUT2D eigenvalue weighted by Gasteiger charge is 2.20. The predicted molar refractivity (Wildman–Crippen MR) is 64.7 cm³/mol. The molecule has 1 aromatic heterocycles. The first-order valence-corrected chi connectivity index (χ1v) is 5.66. The summed E-state index contributed by atoms with van der Waals surface area (Å²) in [5, 5.41) is 0. The van der Waals surface area contributed by atoms with Gasteiger partial charge in [0.25, 0.3) is 0 Å². The maximum absolute atomic E-state index is 5.49. The van der Waals surface area contributed by atoms with Crippen LogP contribution in [0.25, 0.3) is 0 Å². The molecule has 0 bridgehead atoms. The Kier molecular flexibility index (Phi) is 3.74. The number of hydrogen-bond donors (Lipinski definition) is 0. The molecular formula is C12H19N3O. The molecule has 2 heterocycles. The Morgan fingerprint density at radius 3 is 2.94 bits per heavy atom. The largest absolute Gasteiger partial charge is 0.378 e. The standard InChI is InChI=1S/C12H19N3O/c1-14-6-7-15(10-12(9-14)16-2)11-4-3-5-13-8-11/h3-5,8,12H,6-7,9-10H2,1-2H3. The molecule has 0 aromatic carbocycles. The molecule has 1 unspecified atom stereocenters. The summed E-state index contributed by atoms with van der Waals surface area (Å²) in [6.07, 6.45) is 3.99. The van der Waals surface area contributed by atoms with Crippen molar-refractivity contribution in [3.8, 4) is 0 Å². The van der Waals surface area contributed by atoms with Crippen LogP contribution in [0.4, 0.5) is 5.69 Å². The summed E-state index contributed by atoms with van der Waals surface area (Å²) in [5.41, 5.74) is 1.18. The number of ether oxygens (including phenoxy) is 1. The van der Waals surface area contributed by atoms with E-state index < -0.39 is 0 Å². The van der Waals surface area contributed by atoms with Gasteiger partial charge < -0.3 is 14.5 Å². The van der Waals surface area contributed by atoms with Crippen LogP contribution in [0.3, 0.4) is 0 Å². The van der Waals surface area contributed by atoms with Crippen LogP contribution in [-0.4, -0.2) is 56.3 Å². The van der Waals surface area contributed by atoms with E-state index in [9.17, 15) is 0 Å². The van der Waals surface area contributed by atoms with Crippen LogP contribution in [0.1, 0.15) is 0 Å². The van der Waals surface area contributed by atoms with E-state index in [0.717, 1.165) is 26.2 Å². The molecule has 16 heavy (non-hydrogen) atoms. The molecule has 1 atom stereocenters. The van der Waals surface area contributed by atoms with Crippen molar-refractivity contribution in [2.24, 2.45) is 0 Å². The summed E-state index contributed by atoms with van der Waals surface area (Å²) >= 11 is 0. The summed E-state index contributed by atoms with van der Waals surface area (Å²) in [7, 11) is 3.92. The van der Waals surface area contributed by atoms with E-state index in [1.165, 1.54) is 5.69 Å². The monoisotopic (exact) mass is 221 g/mol. The third-order valence-corrected chi connectivity index (χ3v) is 3.04. The van der Waals surface area contributed by atoms with Crippen LogP contribution in [0.5, 0.6) is 0 Å². The lowest BCUT2D eigenvalue weighted by atomic mass is 10.3. The minimum absolute atomic E-state index is 0.271. The second-order valence-corrected chi connectivity index (χ2v) is 4.28. The summed E-state index contributed by atoms with van der Waals surface area (Å²) in [5.74, 6) is 0. The van der Waals surface area contributed by atoms with Gasteiger partial charge in [-0.3, -0.25) is 4.98 Å². The molecule has 88 valence electrons. The lowest BCUT2D eigenvalue weighted by molar-refractivity contribution is 0.0868. The predicted octanol–water partition coefficient (Wildman–Crippen LogP) is 0.848. The Hall–Kier alpha value is -1.13. The van der Waals surface area contributed by atoms with Crippen LogP contribution >= 0.6 is 0 Å². The van der Waals surface area contributed by atoms with Crippen molar-refractivity contribution in [3.05, 3.63) is 24.5 Å². The van der Waals surface area contributed by atoms with Crippen molar-refractivity contribution < 1.29 is 4.74 Å². The van der Waals surface area contributed by atoms with Gasteiger partial charge in [0.2, 0.25) is 0 Å². The second kappa shape index (κ2) is 5.27. The van der Waals surface area contributed by atoms with E-state index in [0.29, 0.717) is 0 Å². The highest BCUT2D eigenvalue weighted by molar-refractivity contribution is 5.44. The Labute approximate surface area is 96.8 Å². The molecule has 1 aromatic rings. The molecule has 0 N–H and O–H groups in total. The first-order chi connectivity index (χ1) is 7.79. The van der Waals surface area contributed by atoms with Crippen molar-refractivity contribution in [2.75, 3.05) is 45.2 Å². The molecule has 1 saturated heterocycles. The minimum atomic E-state index is 0.271. The molecule has 0 amide bonds. The van der Waals surface area contributed by atoms with E-state index in [1.54, 1.807) is 13.3 Å². The lowest BCUT2D eigenvalue weighted by Gasteiger charge is -2.24. The third kappa shape index (κ3) is 2.71. The van der Waals surface area contributed by atoms with E-state index in [1.807, 2.05) is 12.3 Å². The lowest BCUT2D eigenvalue weighted by Crippen LogP contribution is -2.34. The van der Waals surface area contributed by atoms with Crippen LogP contribution in [0.15, 0.2) is 24.5 Å². The van der Waals surface area contributed by atoms with Gasteiger partial charge in [0.05, 0.1) is 18.0 Å². The number of rotatable bonds is 2. The Morgan fingerprint density at radius 2 is 2.25 bits per heavy atom. The average molecular weight is 221 g/mol. The maximum Gasteiger partial charge on any atom is 0.0872 e. The topological polar surface area (TPSA) is 28.6 Å². The van der Waals surface area contributed by atoms with Gasteiger partial charge in [0.15, 0.2) is 0 Å². The van der Waals surface area contributed by atoms with Crippen molar-refractivity contribution >= 4 is 5.69 Å². The molecule has 0 saturated carbocycles. The van der Waals surface area contributed by atoms with Gasteiger partial charge in [-0.2, -0.15) is 0 Å². The number of methoxy groups -OCH3 is 1. The summed E-state index contributed by atoms with van der Waals surface area (Å²) in [6, 6.07) is 4.08. The summed E-state index contributed by atoms with van der Waals surface area (Å²) < 4.78 is 5.49. The molecule has 4 nitrogen and oxygen atoms in total. The summed E-state index contributed by atoms with van der Waals surface area (Å²) in [4.78, 5) is 8.81. The van der Waals surface area contributed by atoms with Gasteiger partial charge in [0, 0.05) is 39.5 Å². The van der Waals surface area contributed by atoms with Crippen molar-refractivity contribution in [1.29, 1.82) is 0 Å². The molecule has 0 radical (unpaired) electrons. The molecule has 0 spiro atoms. The first kappa shape index (κ1) is 11.4. The van der Waals surface area contributed by atoms with Gasteiger partial charge in [0.1, 0.15) is 0 Å². The molecule has 2 rings (SSSR count). The molecular weight excluding hydrogens is 202 g/mol. The fraction of sp³-hybridized carbons (Fsp3) is 0.583. The van der Waals surface area contributed by atoms with Crippen molar-refractivity contribution in [3.63, 3.8) is 0 Å². The smallest absolute Gasteiger partial charge is 0.0872 e. The van der Waals surface area contributed by atoms with Gasteiger partial charge in [-0.05, 0) is 19.2 Å². The highest BCUT2D eigenvalue weighted by Crippen LogP contribution is 2.15. The zero-order chi connectivity index (χ0) is 11.4. The third-order valence-electron chi connectivity index (χ3n) is 3.04. The van der Waals surface area contributed by atoms with E-state index >= 15 is 0 Å². The number of nitrogens with zero attached hydrogens (tertiary/aromatic N) is 3. The number of hydrogen-bond acceptors (Lipinski definition) is 4. The number of pyridine rings is 1. The first-order valence-electron chi connectivity index (χ1n) is 5.66. The Balaban J connectivity index is 2.10. The zero-order valence-corrected chi connectivity index (χ0v) is 9.97. The van der Waals surface area contributed by atoms with Crippen LogP contribution < -0.4 is 4.90 Å². The van der Waals surface area contributed by atoms with E-state index in [-0.39, 0.29) is 6.10 Å². The Morgan fingerprint density at radius 1 is 1.38 bits per heavy atom. The second-order valence-electron chi connectivity index (χ2n) is 4.28. The Bertz CT molecular complexity index is 317. The van der Waals surface area contributed by atoms with E-state index in [4.69, 9.17) is 4.74 Å². The summed E-state index contributed by atoms with van der Waals surface area (Å²) in [6.45, 7) is 4.02. The molecule has 4 heteroatoms. The molecule has 0 aliphatic carbocycles. The quantitative estimate of drug-likeness (QED) is 0.740. The zero-order valence-electron chi connectivity index (χ0n) is 9.97. The fourth-order valence-electron chi connectivity index (χ4n) is 2.05. The number of likely N-dealkylation sites (N-methyl/N-ethyl adjacent to an activating group) is 1. The SMILES string of the molecule is COC1CN(C)CCN(c2cccnc2)C1. The van der Waals surface area contributed by atoms with Crippen molar-refractivity contribution in [2.45, 2.75) is 6.10 Å². The molecule has 1 aliphatic rings. The van der Waals surface area contributed by atoms with Crippen LogP contribution in [0, 0.1) is 0 Å². The van der Waals surface area contributed by atoms with Crippen LogP contribution in [-0.2, 0) is 4.74 Å². The average Bonchev–Trinajstić information content (AvgIpc) is 2.52. The van der Waals surface area contributed by atoms with Crippen molar-refractivity contribution in [1.82, 2.24) is 9.88 Å². The molecule has 1 fully saturated rings. The van der Waals surface area contributed by atoms with Gasteiger partial charge in [-0.25, -0.2) is 0 Å².